The first-order valence-corrected chi connectivity index (χ1v) is 8.26. The highest BCUT2D eigenvalue weighted by atomic mass is 35.5. The fourth-order valence-corrected chi connectivity index (χ4v) is 4.69. The molecule has 2 N–H and O–H groups in total. The van der Waals surface area contributed by atoms with Gasteiger partial charge in [0.2, 0.25) is 0 Å². The van der Waals surface area contributed by atoms with Crippen LogP contribution in [-0.4, -0.2) is 0 Å². The van der Waals surface area contributed by atoms with Gasteiger partial charge >= 0.3 is 0 Å². The van der Waals surface area contributed by atoms with Crippen LogP contribution >= 0.6 is 45.9 Å². The highest BCUT2D eigenvalue weighted by Crippen LogP contribution is 2.35. The van der Waals surface area contributed by atoms with Gasteiger partial charge in [-0.05, 0) is 41.6 Å². The van der Waals surface area contributed by atoms with E-state index in [1.165, 1.54) is 14.3 Å². The van der Waals surface area contributed by atoms with Gasteiger partial charge in [0.15, 0.2) is 0 Å². The van der Waals surface area contributed by atoms with Crippen molar-refractivity contribution in [1.82, 2.24) is 0 Å². The first kappa shape index (κ1) is 13.4. The molecule has 0 saturated heterocycles. The third-order valence-corrected chi connectivity index (χ3v) is 5.94. The molecule has 1 atom stereocenters. The topological polar surface area (TPSA) is 26.0 Å². The van der Waals surface area contributed by atoms with Gasteiger partial charge in [-0.1, -0.05) is 29.3 Å². The lowest BCUT2D eigenvalue weighted by atomic mass is 10.1. The van der Waals surface area contributed by atoms with Crippen LogP contribution in [0.3, 0.4) is 0 Å². The third kappa shape index (κ3) is 2.67. The minimum Gasteiger partial charge on any atom is -0.323 e. The van der Waals surface area contributed by atoms with E-state index in [2.05, 4.69) is 17.5 Å². The number of hydrogen-bond acceptors (Lipinski definition) is 3. The Morgan fingerprint density at radius 2 is 1.84 bits per heavy atom. The van der Waals surface area contributed by atoms with Crippen LogP contribution in [-0.2, 0) is 6.42 Å². The van der Waals surface area contributed by atoms with Crippen molar-refractivity contribution in [3.8, 4) is 0 Å². The van der Waals surface area contributed by atoms with Crippen molar-refractivity contribution in [3.63, 3.8) is 0 Å². The Balaban J connectivity index is 1.88. The average Bonchev–Trinajstić information content (AvgIpc) is 2.94. The SMILES string of the molecule is NC(Cc1c(Cl)cccc1Cl)c1cc2sccc2s1. The molecule has 0 saturated carbocycles. The van der Waals surface area contributed by atoms with Gasteiger partial charge < -0.3 is 5.73 Å². The van der Waals surface area contributed by atoms with Gasteiger partial charge in [0.05, 0.1) is 0 Å². The summed E-state index contributed by atoms with van der Waals surface area (Å²) in [5.74, 6) is 0. The van der Waals surface area contributed by atoms with Crippen molar-refractivity contribution in [1.29, 1.82) is 0 Å². The second kappa shape index (κ2) is 5.43. The van der Waals surface area contributed by atoms with Crippen LogP contribution in [0.25, 0.3) is 9.40 Å². The Bertz CT molecular complexity index is 668. The molecule has 0 spiro atoms. The first-order valence-electron chi connectivity index (χ1n) is 5.80. The van der Waals surface area contributed by atoms with Crippen molar-refractivity contribution >= 4 is 55.3 Å². The van der Waals surface area contributed by atoms with Crippen LogP contribution in [0.5, 0.6) is 0 Å². The molecule has 1 nitrogen and oxygen atoms in total. The standard InChI is InChI=1S/C14H11Cl2NS2/c15-9-2-1-3-10(16)8(9)6-11(17)13-7-14-12(19-13)4-5-18-14/h1-5,7,11H,6,17H2. The van der Waals surface area contributed by atoms with Crippen LogP contribution in [0, 0.1) is 0 Å². The van der Waals surface area contributed by atoms with E-state index in [9.17, 15) is 0 Å². The lowest BCUT2D eigenvalue weighted by Gasteiger charge is -2.12. The Morgan fingerprint density at radius 3 is 2.53 bits per heavy atom. The van der Waals surface area contributed by atoms with Gasteiger partial charge in [0.25, 0.3) is 0 Å². The Morgan fingerprint density at radius 1 is 1.11 bits per heavy atom. The minimum absolute atomic E-state index is 0.0676. The summed E-state index contributed by atoms with van der Waals surface area (Å²) in [4.78, 5) is 1.18. The predicted molar refractivity (Wildman–Crippen MR) is 86.8 cm³/mol. The number of halogens is 2. The summed E-state index contributed by atoms with van der Waals surface area (Å²) in [6, 6.07) is 9.77. The maximum atomic E-state index is 6.29. The minimum atomic E-state index is -0.0676. The number of rotatable bonds is 3. The van der Waals surface area contributed by atoms with Crippen LogP contribution in [0.1, 0.15) is 16.5 Å². The molecular weight excluding hydrogens is 317 g/mol. The fourth-order valence-electron chi connectivity index (χ4n) is 2.02. The van der Waals surface area contributed by atoms with Crippen molar-refractivity contribution < 1.29 is 0 Å². The second-order valence-corrected chi connectivity index (χ2v) is 7.19. The Kier molecular flexibility index (Phi) is 3.83. The molecule has 98 valence electrons. The molecule has 3 aromatic rings. The maximum absolute atomic E-state index is 6.29. The van der Waals surface area contributed by atoms with E-state index in [-0.39, 0.29) is 6.04 Å². The van der Waals surface area contributed by atoms with E-state index in [0.29, 0.717) is 16.5 Å². The molecule has 0 amide bonds. The highest BCUT2D eigenvalue weighted by Gasteiger charge is 2.15. The van der Waals surface area contributed by atoms with E-state index in [0.717, 1.165) is 5.56 Å². The van der Waals surface area contributed by atoms with Crippen molar-refractivity contribution in [2.75, 3.05) is 0 Å². The normalized spacial score (nSPS) is 13.0. The molecule has 19 heavy (non-hydrogen) atoms. The summed E-state index contributed by atoms with van der Waals surface area (Å²) in [6.07, 6.45) is 0.659. The van der Waals surface area contributed by atoms with Crippen LogP contribution in [0.2, 0.25) is 10.0 Å². The summed E-state index contributed by atoms with van der Waals surface area (Å²) >= 11 is 15.9. The number of thiophene rings is 2. The Labute approximate surface area is 129 Å². The molecule has 0 aliphatic heterocycles. The van der Waals surface area contributed by atoms with Crippen LogP contribution < -0.4 is 5.73 Å². The summed E-state index contributed by atoms with van der Waals surface area (Å²) in [7, 11) is 0. The van der Waals surface area contributed by atoms with Gasteiger partial charge in [-0.25, -0.2) is 0 Å². The third-order valence-electron chi connectivity index (χ3n) is 3.01. The summed E-state index contributed by atoms with van der Waals surface area (Å²) in [5, 5.41) is 3.46. The second-order valence-electron chi connectivity index (χ2n) is 4.31. The molecule has 0 fully saturated rings. The summed E-state index contributed by atoms with van der Waals surface area (Å²) in [5.41, 5.74) is 7.21. The number of nitrogens with two attached hydrogens (primary N) is 1. The van der Waals surface area contributed by atoms with Gasteiger partial charge in [0, 0.05) is 30.4 Å². The predicted octanol–water partition coefficient (Wildman–Crippen LogP) is 5.51. The quantitative estimate of drug-likeness (QED) is 0.674. The van der Waals surface area contributed by atoms with E-state index in [4.69, 9.17) is 28.9 Å². The molecule has 2 heterocycles. The van der Waals surface area contributed by atoms with Gasteiger partial charge in [-0.3, -0.25) is 0 Å². The van der Waals surface area contributed by atoms with Crippen molar-refractivity contribution in [2.24, 2.45) is 5.73 Å². The molecular formula is C14H11Cl2NS2. The maximum Gasteiger partial charge on any atom is 0.0454 e. The van der Waals surface area contributed by atoms with E-state index in [1.807, 2.05) is 18.2 Å². The van der Waals surface area contributed by atoms with Crippen molar-refractivity contribution in [2.45, 2.75) is 12.5 Å². The molecule has 1 unspecified atom stereocenters. The lowest BCUT2D eigenvalue weighted by molar-refractivity contribution is 0.737. The van der Waals surface area contributed by atoms with Crippen LogP contribution in [0.4, 0.5) is 0 Å². The van der Waals surface area contributed by atoms with Gasteiger partial charge in [-0.2, -0.15) is 0 Å². The van der Waals surface area contributed by atoms with Gasteiger partial charge in [-0.15, -0.1) is 22.7 Å². The van der Waals surface area contributed by atoms with Gasteiger partial charge in [0.1, 0.15) is 0 Å². The number of hydrogen-bond donors (Lipinski definition) is 1. The zero-order valence-electron chi connectivity index (χ0n) is 9.90. The molecule has 2 aromatic heterocycles. The molecule has 5 heteroatoms. The molecule has 1 aromatic carbocycles. The first-order chi connectivity index (χ1) is 9.15. The lowest BCUT2D eigenvalue weighted by Crippen LogP contribution is -2.12. The van der Waals surface area contributed by atoms with Crippen LogP contribution in [0.15, 0.2) is 35.7 Å². The smallest absolute Gasteiger partial charge is 0.0454 e. The van der Waals surface area contributed by atoms with E-state index in [1.54, 1.807) is 22.7 Å². The average molecular weight is 328 g/mol. The summed E-state index contributed by atoms with van der Waals surface area (Å²) < 4.78 is 2.58. The largest absolute Gasteiger partial charge is 0.323 e. The monoisotopic (exact) mass is 327 g/mol. The fraction of sp³-hybridized carbons (Fsp3) is 0.143. The molecule has 3 rings (SSSR count). The number of benzene rings is 1. The molecule has 0 bridgehead atoms. The van der Waals surface area contributed by atoms with E-state index < -0.39 is 0 Å². The van der Waals surface area contributed by atoms with E-state index >= 15 is 0 Å². The summed E-state index contributed by atoms with van der Waals surface area (Å²) in [6.45, 7) is 0. The molecule has 0 radical (unpaired) electrons. The van der Waals surface area contributed by atoms with Crippen molar-refractivity contribution in [3.05, 3.63) is 56.2 Å². The zero-order valence-corrected chi connectivity index (χ0v) is 13.0. The molecule has 0 aliphatic rings. The zero-order chi connectivity index (χ0) is 13.4. The Hall–Kier alpha value is -0.580. The highest BCUT2D eigenvalue weighted by molar-refractivity contribution is 7.26. The number of fused-ring (bicyclic) bond motifs is 1. The molecule has 0 aliphatic carbocycles.